The number of hydrogen-bond acceptors (Lipinski definition) is 1. The van der Waals surface area contributed by atoms with Crippen LogP contribution in [0, 0.1) is 0 Å². The molecule has 1 aliphatic rings. The molecule has 0 fully saturated rings. The largest absolute Gasteiger partial charge is 0.311 e. The van der Waals surface area contributed by atoms with Crippen molar-refractivity contribution in [3.63, 3.8) is 0 Å². The van der Waals surface area contributed by atoms with Gasteiger partial charge < -0.3 is 4.90 Å². The second-order valence-electron chi connectivity index (χ2n) is 16.9. The predicted octanol–water partition coefficient (Wildman–Crippen LogP) is 17.0. The van der Waals surface area contributed by atoms with Gasteiger partial charge in [0, 0.05) is 22.5 Å². The number of benzene rings is 10. The second-order valence-corrected chi connectivity index (χ2v) is 16.9. The molecule has 0 spiro atoms. The Labute approximate surface area is 364 Å². The van der Waals surface area contributed by atoms with E-state index in [9.17, 15) is 0 Å². The summed E-state index contributed by atoms with van der Waals surface area (Å²) in [7, 11) is 0. The Hall–Kier alpha value is -7.74. The van der Waals surface area contributed by atoms with Gasteiger partial charge in [0.05, 0.1) is 0 Å². The maximum atomic E-state index is 2.41. The van der Waals surface area contributed by atoms with Gasteiger partial charge >= 0.3 is 0 Å². The lowest BCUT2D eigenvalue weighted by Crippen LogP contribution is -2.14. The molecule has 294 valence electrons. The summed E-state index contributed by atoms with van der Waals surface area (Å²) in [4.78, 5) is 2.36. The molecular weight excluding hydrogens is 747 g/mol. The molecular formula is C61H45N. The first kappa shape index (κ1) is 37.3. The van der Waals surface area contributed by atoms with Crippen LogP contribution in [0.5, 0.6) is 0 Å². The molecule has 0 N–H and O–H groups in total. The first-order chi connectivity index (χ1) is 30.5. The number of nitrogens with zero attached hydrogens (tertiary/aromatic N) is 1. The maximum Gasteiger partial charge on any atom is 0.0462 e. The number of fused-ring (bicyclic) bond motifs is 4. The minimum Gasteiger partial charge on any atom is -0.311 e. The second kappa shape index (κ2) is 15.4. The van der Waals surface area contributed by atoms with E-state index in [-0.39, 0.29) is 5.41 Å². The van der Waals surface area contributed by atoms with Gasteiger partial charge in [0.15, 0.2) is 0 Å². The lowest BCUT2D eigenvalue weighted by molar-refractivity contribution is 0.660. The van der Waals surface area contributed by atoms with Crippen molar-refractivity contribution < 1.29 is 0 Å². The van der Waals surface area contributed by atoms with Crippen LogP contribution in [0.2, 0.25) is 0 Å². The Morgan fingerprint density at radius 1 is 0.290 bits per heavy atom. The summed E-state index contributed by atoms with van der Waals surface area (Å²) in [5, 5.41) is 2.51. The lowest BCUT2D eigenvalue weighted by Gasteiger charge is -2.26. The first-order valence-electron chi connectivity index (χ1n) is 21.6. The molecule has 62 heavy (non-hydrogen) atoms. The molecule has 0 radical (unpaired) electrons. The highest BCUT2D eigenvalue weighted by atomic mass is 15.1. The van der Waals surface area contributed by atoms with Gasteiger partial charge in [-0.3, -0.25) is 0 Å². The minimum absolute atomic E-state index is 0.0771. The van der Waals surface area contributed by atoms with E-state index in [0.29, 0.717) is 0 Å². The summed E-state index contributed by atoms with van der Waals surface area (Å²) >= 11 is 0. The van der Waals surface area contributed by atoms with Crippen molar-refractivity contribution in [1.82, 2.24) is 0 Å². The van der Waals surface area contributed by atoms with Crippen LogP contribution in [-0.4, -0.2) is 0 Å². The summed E-state index contributed by atoms with van der Waals surface area (Å²) < 4.78 is 0. The summed E-state index contributed by atoms with van der Waals surface area (Å²) in [5.74, 6) is 0. The fourth-order valence-corrected chi connectivity index (χ4v) is 9.75. The molecule has 11 rings (SSSR count). The molecule has 0 bridgehead atoms. The minimum atomic E-state index is -0.0771. The molecule has 10 aromatic carbocycles. The summed E-state index contributed by atoms with van der Waals surface area (Å²) in [6, 6.07) is 86.5. The summed E-state index contributed by atoms with van der Waals surface area (Å²) in [6.45, 7) is 4.72. The van der Waals surface area contributed by atoms with Crippen molar-refractivity contribution in [2.75, 3.05) is 4.90 Å². The summed E-state index contributed by atoms with van der Waals surface area (Å²) in [6.07, 6.45) is 0. The predicted molar refractivity (Wildman–Crippen MR) is 263 cm³/mol. The Morgan fingerprint density at radius 2 is 0.742 bits per heavy atom. The third-order valence-corrected chi connectivity index (χ3v) is 12.9. The van der Waals surface area contributed by atoms with Crippen molar-refractivity contribution in [1.29, 1.82) is 0 Å². The zero-order valence-corrected chi connectivity index (χ0v) is 35.0. The molecule has 0 aliphatic heterocycles. The lowest BCUT2D eigenvalue weighted by atomic mass is 9.81. The molecule has 0 atom stereocenters. The Kier molecular flexibility index (Phi) is 9.24. The highest BCUT2D eigenvalue weighted by Crippen LogP contribution is 2.53. The quantitative estimate of drug-likeness (QED) is 0.148. The third-order valence-electron chi connectivity index (χ3n) is 12.9. The van der Waals surface area contributed by atoms with Crippen molar-refractivity contribution in [3.05, 3.63) is 248 Å². The van der Waals surface area contributed by atoms with E-state index in [4.69, 9.17) is 0 Å². The van der Waals surface area contributed by atoms with E-state index >= 15 is 0 Å². The molecule has 0 unspecified atom stereocenters. The van der Waals surface area contributed by atoms with Gasteiger partial charge in [0.1, 0.15) is 0 Å². The standard InChI is InChI=1S/C61H45N/c1-61(2)58-25-12-11-22-56(58)60-55(24-14-26-59(60)61)57-41-48(33-40-54(57)45-17-7-4-8-18-45)44-29-36-50(37-30-44)62(49-34-27-43(28-35-49)42-15-5-3-6-16-42)51-38-31-47(32-39-51)53-23-13-20-46-19-9-10-21-52(46)53/h3-41H,1-2H3. The average molecular weight is 792 g/mol. The van der Waals surface area contributed by atoms with Gasteiger partial charge in [-0.05, 0) is 131 Å². The van der Waals surface area contributed by atoms with Gasteiger partial charge in [-0.2, -0.15) is 0 Å². The monoisotopic (exact) mass is 791 g/mol. The maximum absolute atomic E-state index is 2.41. The number of hydrogen-bond donors (Lipinski definition) is 0. The van der Waals surface area contributed by atoms with Crippen molar-refractivity contribution >= 4 is 27.8 Å². The molecule has 0 aromatic heterocycles. The molecule has 1 heteroatoms. The van der Waals surface area contributed by atoms with Crippen LogP contribution >= 0.6 is 0 Å². The van der Waals surface area contributed by atoms with Crippen molar-refractivity contribution in [3.8, 4) is 66.8 Å². The molecule has 0 saturated heterocycles. The highest BCUT2D eigenvalue weighted by molar-refractivity contribution is 5.99. The smallest absolute Gasteiger partial charge is 0.0462 e. The molecule has 0 amide bonds. The van der Waals surface area contributed by atoms with Gasteiger partial charge in [0.25, 0.3) is 0 Å². The molecule has 0 heterocycles. The van der Waals surface area contributed by atoms with E-state index in [1.165, 1.54) is 88.7 Å². The Bertz CT molecular complexity index is 3210. The van der Waals surface area contributed by atoms with Gasteiger partial charge in [-0.15, -0.1) is 0 Å². The van der Waals surface area contributed by atoms with E-state index < -0.39 is 0 Å². The van der Waals surface area contributed by atoms with Crippen LogP contribution in [0.3, 0.4) is 0 Å². The molecule has 1 aliphatic carbocycles. The van der Waals surface area contributed by atoms with E-state index in [1.807, 2.05) is 0 Å². The molecule has 0 saturated carbocycles. The fourth-order valence-electron chi connectivity index (χ4n) is 9.75. The zero-order valence-electron chi connectivity index (χ0n) is 35.0. The summed E-state index contributed by atoms with van der Waals surface area (Å²) in [5.41, 5.74) is 20.8. The average Bonchev–Trinajstić information content (AvgIpc) is 3.58. The number of rotatable bonds is 8. The Morgan fingerprint density at radius 3 is 1.44 bits per heavy atom. The highest BCUT2D eigenvalue weighted by Gasteiger charge is 2.36. The Balaban J connectivity index is 1.00. The molecule has 1 nitrogen and oxygen atoms in total. The molecule has 10 aromatic rings. The van der Waals surface area contributed by atoms with Gasteiger partial charge in [0.2, 0.25) is 0 Å². The van der Waals surface area contributed by atoms with E-state index in [0.717, 1.165) is 17.1 Å². The van der Waals surface area contributed by atoms with E-state index in [1.54, 1.807) is 0 Å². The van der Waals surface area contributed by atoms with Crippen LogP contribution in [0.15, 0.2) is 237 Å². The van der Waals surface area contributed by atoms with Crippen LogP contribution in [0.4, 0.5) is 17.1 Å². The van der Waals surface area contributed by atoms with E-state index in [2.05, 4.69) is 255 Å². The first-order valence-corrected chi connectivity index (χ1v) is 21.6. The fraction of sp³-hybridized carbons (Fsp3) is 0.0492. The van der Waals surface area contributed by atoms with Crippen LogP contribution < -0.4 is 4.90 Å². The van der Waals surface area contributed by atoms with Crippen molar-refractivity contribution in [2.24, 2.45) is 0 Å². The zero-order chi connectivity index (χ0) is 41.6. The van der Waals surface area contributed by atoms with Crippen LogP contribution in [0.25, 0.3) is 77.5 Å². The third kappa shape index (κ3) is 6.51. The number of anilines is 3. The van der Waals surface area contributed by atoms with Crippen LogP contribution in [0.1, 0.15) is 25.0 Å². The topological polar surface area (TPSA) is 3.24 Å². The van der Waals surface area contributed by atoms with Crippen molar-refractivity contribution in [2.45, 2.75) is 19.3 Å². The van der Waals surface area contributed by atoms with Gasteiger partial charge in [-0.1, -0.05) is 208 Å². The normalized spacial score (nSPS) is 12.5. The SMILES string of the molecule is CC1(C)c2ccccc2-c2c(-c3cc(-c4ccc(N(c5ccc(-c6ccccc6)cc5)c5ccc(-c6cccc7ccccc67)cc5)cc4)ccc3-c3ccccc3)cccc21. The van der Waals surface area contributed by atoms with Crippen LogP contribution in [-0.2, 0) is 5.41 Å². The van der Waals surface area contributed by atoms with Gasteiger partial charge in [-0.25, -0.2) is 0 Å².